The van der Waals surface area contributed by atoms with Crippen LogP contribution in [0.25, 0.3) is 10.9 Å². The standard InChI is InChI=1S/C19H24N4O3/c20-19(24)16-4-1-13-11-21-12-17(18(13)22-16)23-7-5-15(6-8-23)26-10-9-25-14-2-3-14/h1,4,11-12,14-15H,2-3,5-10H2,(H2,20,24). The van der Waals surface area contributed by atoms with E-state index in [0.29, 0.717) is 19.3 Å². The largest absolute Gasteiger partial charge is 0.376 e. The van der Waals surface area contributed by atoms with Gasteiger partial charge in [-0.05, 0) is 37.8 Å². The highest BCUT2D eigenvalue weighted by Gasteiger charge is 2.24. The summed E-state index contributed by atoms with van der Waals surface area (Å²) in [5.41, 5.74) is 7.37. The first-order chi connectivity index (χ1) is 12.7. The van der Waals surface area contributed by atoms with Crippen molar-refractivity contribution in [3.8, 4) is 0 Å². The number of hydrogen-bond acceptors (Lipinski definition) is 6. The van der Waals surface area contributed by atoms with Gasteiger partial charge in [0, 0.05) is 24.7 Å². The van der Waals surface area contributed by atoms with Gasteiger partial charge in [-0.15, -0.1) is 0 Å². The fourth-order valence-corrected chi connectivity index (χ4v) is 3.32. The van der Waals surface area contributed by atoms with E-state index in [9.17, 15) is 4.79 Å². The molecule has 0 unspecified atom stereocenters. The Bertz CT molecular complexity index is 785. The van der Waals surface area contributed by atoms with Gasteiger partial charge < -0.3 is 20.1 Å². The van der Waals surface area contributed by atoms with Crippen LogP contribution >= 0.6 is 0 Å². The van der Waals surface area contributed by atoms with E-state index in [1.54, 1.807) is 12.3 Å². The van der Waals surface area contributed by atoms with Gasteiger partial charge in [0.25, 0.3) is 5.91 Å². The molecule has 2 aliphatic rings. The monoisotopic (exact) mass is 356 g/mol. The van der Waals surface area contributed by atoms with Gasteiger partial charge in [0.15, 0.2) is 0 Å². The Morgan fingerprint density at radius 2 is 1.77 bits per heavy atom. The number of nitrogens with zero attached hydrogens (tertiary/aromatic N) is 3. The summed E-state index contributed by atoms with van der Waals surface area (Å²) >= 11 is 0. The lowest BCUT2D eigenvalue weighted by molar-refractivity contribution is -0.00870. The predicted molar refractivity (Wildman–Crippen MR) is 98.2 cm³/mol. The molecule has 2 aromatic heterocycles. The molecule has 138 valence electrons. The number of carbonyl (C=O) groups excluding carboxylic acids is 1. The third kappa shape index (κ3) is 3.94. The molecule has 1 saturated carbocycles. The number of rotatable bonds is 7. The zero-order valence-corrected chi connectivity index (χ0v) is 14.8. The van der Waals surface area contributed by atoms with Gasteiger partial charge in [-0.3, -0.25) is 9.78 Å². The van der Waals surface area contributed by atoms with Crippen LogP contribution in [0.1, 0.15) is 36.2 Å². The number of pyridine rings is 2. The molecule has 2 fully saturated rings. The van der Waals surface area contributed by atoms with E-state index in [1.807, 2.05) is 12.3 Å². The molecule has 3 heterocycles. The van der Waals surface area contributed by atoms with Gasteiger partial charge in [0.2, 0.25) is 0 Å². The van der Waals surface area contributed by atoms with Crippen LogP contribution in [0.5, 0.6) is 0 Å². The van der Waals surface area contributed by atoms with Crippen molar-refractivity contribution in [1.29, 1.82) is 0 Å². The number of primary amides is 1. The molecule has 2 N–H and O–H groups in total. The van der Waals surface area contributed by atoms with Crippen molar-refractivity contribution in [2.24, 2.45) is 5.73 Å². The third-order valence-electron chi connectivity index (χ3n) is 4.93. The molecule has 1 aliphatic heterocycles. The van der Waals surface area contributed by atoms with Gasteiger partial charge in [0.1, 0.15) is 5.69 Å². The van der Waals surface area contributed by atoms with Gasteiger partial charge in [-0.1, -0.05) is 0 Å². The molecule has 1 aliphatic carbocycles. The first-order valence-corrected chi connectivity index (χ1v) is 9.23. The van der Waals surface area contributed by atoms with Crippen molar-refractivity contribution in [3.63, 3.8) is 0 Å². The highest BCUT2D eigenvalue weighted by atomic mass is 16.5. The lowest BCUT2D eigenvalue weighted by Crippen LogP contribution is -2.37. The maximum atomic E-state index is 11.5. The summed E-state index contributed by atoms with van der Waals surface area (Å²) < 4.78 is 11.6. The van der Waals surface area contributed by atoms with Crippen LogP contribution in [-0.2, 0) is 9.47 Å². The first kappa shape index (κ1) is 17.2. The second-order valence-electron chi connectivity index (χ2n) is 6.92. The number of piperidine rings is 1. The van der Waals surface area contributed by atoms with E-state index in [-0.39, 0.29) is 11.8 Å². The van der Waals surface area contributed by atoms with Crippen LogP contribution in [0.3, 0.4) is 0 Å². The van der Waals surface area contributed by atoms with Crippen molar-refractivity contribution >= 4 is 22.5 Å². The second kappa shape index (κ2) is 7.55. The fraction of sp³-hybridized carbons (Fsp3) is 0.526. The van der Waals surface area contributed by atoms with E-state index in [2.05, 4.69) is 14.9 Å². The summed E-state index contributed by atoms with van der Waals surface area (Å²) in [5, 5.41) is 0.906. The molecular weight excluding hydrogens is 332 g/mol. The lowest BCUT2D eigenvalue weighted by Gasteiger charge is -2.33. The minimum atomic E-state index is -0.518. The van der Waals surface area contributed by atoms with Crippen LogP contribution in [0.2, 0.25) is 0 Å². The highest BCUT2D eigenvalue weighted by molar-refractivity contribution is 5.96. The Morgan fingerprint density at radius 3 is 2.42 bits per heavy atom. The molecule has 7 heteroatoms. The zero-order valence-electron chi connectivity index (χ0n) is 14.8. The number of carbonyl (C=O) groups is 1. The van der Waals surface area contributed by atoms with E-state index >= 15 is 0 Å². The Kier molecular flexibility index (Phi) is 4.99. The van der Waals surface area contributed by atoms with Gasteiger partial charge >= 0.3 is 0 Å². The Hall–Kier alpha value is -2.25. The van der Waals surface area contributed by atoms with E-state index < -0.39 is 5.91 Å². The molecule has 0 spiro atoms. The van der Waals surface area contributed by atoms with Crippen LogP contribution in [-0.4, -0.2) is 54.4 Å². The number of nitrogens with two attached hydrogens (primary N) is 1. The molecule has 0 radical (unpaired) electrons. The number of amides is 1. The number of fused-ring (bicyclic) bond motifs is 1. The quantitative estimate of drug-likeness (QED) is 0.762. The maximum absolute atomic E-state index is 11.5. The molecule has 0 atom stereocenters. The topological polar surface area (TPSA) is 90.6 Å². The van der Waals surface area contributed by atoms with Crippen LogP contribution in [0.4, 0.5) is 5.69 Å². The average molecular weight is 356 g/mol. The van der Waals surface area contributed by atoms with Gasteiger partial charge in [-0.2, -0.15) is 0 Å². The molecule has 2 aromatic rings. The predicted octanol–water partition coefficient (Wildman–Crippen LogP) is 1.89. The Morgan fingerprint density at radius 1 is 1.08 bits per heavy atom. The SMILES string of the molecule is NC(=O)c1ccc2cncc(N3CCC(OCCOC4CC4)CC3)c2n1. The number of hydrogen-bond donors (Lipinski definition) is 1. The van der Waals surface area contributed by atoms with Crippen molar-refractivity contribution < 1.29 is 14.3 Å². The fourth-order valence-electron chi connectivity index (χ4n) is 3.32. The minimum absolute atomic E-state index is 0.270. The highest BCUT2D eigenvalue weighted by Crippen LogP contribution is 2.28. The normalized spacial score (nSPS) is 18.4. The zero-order chi connectivity index (χ0) is 17.9. The molecule has 4 rings (SSSR count). The summed E-state index contributed by atoms with van der Waals surface area (Å²) in [6.45, 7) is 3.10. The molecule has 0 aromatic carbocycles. The van der Waals surface area contributed by atoms with Gasteiger partial charge in [0.05, 0.1) is 42.8 Å². The summed E-state index contributed by atoms with van der Waals surface area (Å²) in [5.74, 6) is -0.518. The summed E-state index contributed by atoms with van der Waals surface area (Å²) in [6, 6.07) is 3.48. The summed E-state index contributed by atoms with van der Waals surface area (Å²) in [4.78, 5) is 22.5. The minimum Gasteiger partial charge on any atom is -0.376 e. The third-order valence-corrected chi connectivity index (χ3v) is 4.93. The van der Waals surface area contributed by atoms with E-state index in [0.717, 1.165) is 42.5 Å². The van der Waals surface area contributed by atoms with Crippen LogP contribution in [0.15, 0.2) is 24.5 Å². The Labute approximate surface area is 152 Å². The van der Waals surface area contributed by atoms with Crippen molar-refractivity contribution in [3.05, 3.63) is 30.2 Å². The van der Waals surface area contributed by atoms with E-state index in [4.69, 9.17) is 15.2 Å². The lowest BCUT2D eigenvalue weighted by atomic mass is 10.1. The molecule has 1 saturated heterocycles. The molecule has 26 heavy (non-hydrogen) atoms. The van der Waals surface area contributed by atoms with Gasteiger partial charge in [-0.25, -0.2) is 4.98 Å². The first-order valence-electron chi connectivity index (χ1n) is 9.23. The van der Waals surface area contributed by atoms with Crippen LogP contribution in [0, 0.1) is 0 Å². The summed E-state index contributed by atoms with van der Waals surface area (Å²) in [6.07, 6.45) is 8.62. The molecular formula is C19H24N4O3. The molecule has 1 amide bonds. The Balaban J connectivity index is 1.38. The average Bonchev–Trinajstić information content (AvgIpc) is 3.49. The van der Waals surface area contributed by atoms with Crippen LogP contribution < -0.4 is 10.6 Å². The smallest absolute Gasteiger partial charge is 0.267 e. The second-order valence-corrected chi connectivity index (χ2v) is 6.92. The van der Waals surface area contributed by atoms with Crippen molar-refractivity contribution in [2.45, 2.75) is 37.9 Å². The molecule has 7 nitrogen and oxygen atoms in total. The number of ether oxygens (including phenoxy) is 2. The summed E-state index contributed by atoms with van der Waals surface area (Å²) in [7, 11) is 0. The number of anilines is 1. The maximum Gasteiger partial charge on any atom is 0.267 e. The van der Waals surface area contributed by atoms with Crippen molar-refractivity contribution in [1.82, 2.24) is 9.97 Å². The van der Waals surface area contributed by atoms with Crippen molar-refractivity contribution in [2.75, 3.05) is 31.2 Å². The van der Waals surface area contributed by atoms with E-state index in [1.165, 1.54) is 12.8 Å². The number of aromatic nitrogens is 2. The molecule has 0 bridgehead atoms.